The Labute approximate surface area is 154 Å². The fourth-order valence-electron chi connectivity index (χ4n) is 2.17. The summed E-state index contributed by atoms with van der Waals surface area (Å²) >= 11 is 1.14. The normalized spacial score (nSPS) is 12.4. The van der Waals surface area contributed by atoms with E-state index in [0.717, 1.165) is 11.5 Å². The first-order valence-electron chi connectivity index (χ1n) is 7.62. The van der Waals surface area contributed by atoms with E-state index in [1.165, 1.54) is 18.5 Å². The number of fused-ring (bicyclic) bond motifs is 1. The minimum Gasteiger partial charge on any atom is -0.287 e. The van der Waals surface area contributed by atoms with Crippen LogP contribution in [-0.2, 0) is 0 Å². The zero-order valence-corrected chi connectivity index (χ0v) is 14.3. The standard InChI is InChI=1S/C16H10N8O2S/c25-12-2-1-10(15(26)14(12)22-20-9-3-5-17-6-4-9)21-23-16-13-11(24-27-16)7-18-8-19-13/h1-8,23H,(H,17,20)/b21-10+,22-14+. The summed E-state index contributed by atoms with van der Waals surface area (Å²) in [6, 6.07) is 5.89. The molecule has 132 valence electrons. The molecule has 10 nitrogen and oxygen atoms in total. The Hall–Kier alpha value is -3.86. The van der Waals surface area contributed by atoms with Crippen LogP contribution in [0.2, 0.25) is 0 Å². The van der Waals surface area contributed by atoms with Crippen LogP contribution >= 0.6 is 11.5 Å². The highest BCUT2D eigenvalue weighted by Crippen LogP contribution is 2.24. The monoisotopic (exact) mass is 378 g/mol. The average molecular weight is 378 g/mol. The molecule has 0 unspecified atom stereocenters. The van der Waals surface area contributed by atoms with Crippen molar-refractivity contribution in [2.24, 2.45) is 10.2 Å². The van der Waals surface area contributed by atoms with Crippen LogP contribution in [-0.4, -0.2) is 19.3 Å². The number of nitrogens with one attached hydrogen (secondary N) is 2. The van der Waals surface area contributed by atoms with Gasteiger partial charge in [-0.3, -0.25) is 25.4 Å². The van der Waals surface area contributed by atoms with Crippen LogP contribution in [0.5, 0.6) is 0 Å². The van der Waals surface area contributed by atoms with Crippen LogP contribution < -0.4 is 32.4 Å². The van der Waals surface area contributed by atoms with Crippen LogP contribution in [0.25, 0.3) is 11.0 Å². The van der Waals surface area contributed by atoms with E-state index in [4.69, 9.17) is 0 Å². The van der Waals surface area contributed by atoms with Gasteiger partial charge < -0.3 is 0 Å². The molecule has 27 heavy (non-hydrogen) atoms. The van der Waals surface area contributed by atoms with Gasteiger partial charge in [-0.2, -0.15) is 14.6 Å². The third-order valence-electron chi connectivity index (χ3n) is 3.47. The van der Waals surface area contributed by atoms with Crippen molar-refractivity contribution in [3.05, 3.63) is 80.3 Å². The van der Waals surface area contributed by atoms with Gasteiger partial charge in [0.15, 0.2) is 10.4 Å². The SMILES string of the molecule is O=c1cc/c(=N\Nc2snc3cncnc23)c(=O)/c1=N/Nc1ccncc1. The minimum absolute atomic E-state index is 0.0421. The fourth-order valence-corrected chi connectivity index (χ4v) is 2.82. The average Bonchev–Trinajstić information content (AvgIpc) is 3.11. The van der Waals surface area contributed by atoms with Crippen LogP contribution in [0.1, 0.15) is 0 Å². The van der Waals surface area contributed by atoms with Crippen LogP contribution in [0.4, 0.5) is 10.7 Å². The van der Waals surface area contributed by atoms with Crippen LogP contribution in [0, 0.1) is 0 Å². The van der Waals surface area contributed by atoms with Gasteiger partial charge >= 0.3 is 0 Å². The second-order valence-corrected chi connectivity index (χ2v) is 5.99. The molecule has 3 heterocycles. The molecule has 0 aliphatic carbocycles. The number of anilines is 2. The first-order chi connectivity index (χ1) is 13.2. The lowest BCUT2D eigenvalue weighted by Crippen LogP contribution is -2.47. The van der Waals surface area contributed by atoms with Crippen molar-refractivity contribution in [1.29, 1.82) is 0 Å². The summed E-state index contributed by atoms with van der Waals surface area (Å²) in [6.45, 7) is 0. The Kier molecular flexibility index (Phi) is 4.41. The van der Waals surface area contributed by atoms with Gasteiger partial charge in [-0.25, -0.2) is 9.97 Å². The zero-order valence-electron chi connectivity index (χ0n) is 13.5. The summed E-state index contributed by atoms with van der Waals surface area (Å²) in [7, 11) is 0. The van der Waals surface area contributed by atoms with Gasteiger partial charge in [0.2, 0.25) is 10.9 Å². The lowest BCUT2D eigenvalue weighted by molar-refractivity contribution is 1.11. The third kappa shape index (κ3) is 3.43. The highest BCUT2D eigenvalue weighted by atomic mass is 32.1. The molecule has 11 heteroatoms. The second-order valence-electron chi connectivity index (χ2n) is 5.21. The van der Waals surface area contributed by atoms with Gasteiger partial charge in [0.1, 0.15) is 22.7 Å². The maximum Gasteiger partial charge on any atom is 0.237 e. The van der Waals surface area contributed by atoms with E-state index in [1.54, 1.807) is 30.7 Å². The number of hydrogen-bond acceptors (Lipinski definition) is 11. The summed E-state index contributed by atoms with van der Waals surface area (Å²) in [4.78, 5) is 36.4. The van der Waals surface area contributed by atoms with Crippen molar-refractivity contribution in [3.63, 3.8) is 0 Å². The quantitative estimate of drug-likeness (QED) is 0.471. The lowest BCUT2D eigenvalue weighted by atomic mass is 10.3. The number of rotatable bonds is 4. The molecule has 0 spiro atoms. The molecule has 3 aromatic heterocycles. The molecular formula is C16H10N8O2S. The van der Waals surface area contributed by atoms with Crippen molar-refractivity contribution in [2.45, 2.75) is 0 Å². The van der Waals surface area contributed by atoms with Gasteiger partial charge in [-0.05, 0) is 35.8 Å². The molecule has 0 bridgehead atoms. The van der Waals surface area contributed by atoms with Gasteiger partial charge in [0, 0.05) is 12.4 Å². The highest BCUT2D eigenvalue weighted by molar-refractivity contribution is 7.11. The second kappa shape index (κ2) is 7.17. The van der Waals surface area contributed by atoms with Crippen molar-refractivity contribution in [2.75, 3.05) is 10.9 Å². The van der Waals surface area contributed by atoms with Crippen LogP contribution in [0.3, 0.4) is 0 Å². The Bertz CT molecular complexity index is 1330. The Morgan fingerprint density at radius 3 is 2.67 bits per heavy atom. The molecule has 4 rings (SSSR count). The minimum atomic E-state index is -0.597. The van der Waals surface area contributed by atoms with E-state index < -0.39 is 10.9 Å². The van der Waals surface area contributed by atoms with E-state index in [1.807, 2.05) is 0 Å². The first-order valence-corrected chi connectivity index (χ1v) is 8.39. The molecule has 0 aliphatic heterocycles. The molecule has 0 saturated carbocycles. The predicted octanol–water partition coefficient (Wildman–Crippen LogP) is -0.0671. The zero-order chi connectivity index (χ0) is 18.6. The van der Waals surface area contributed by atoms with Crippen molar-refractivity contribution >= 4 is 33.3 Å². The number of pyridine rings is 1. The maximum absolute atomic E-state index is 12.5. The molecule has 1 aromatic carbocycles. The molecular weight excluding hydrogens is 368 g/mol. The fraction of sp³-hybridized carbons (Fsp3) is 0. The Morgan fingerprint density at radius 1 is 0.963 bits per heavy atom. The van der Waals surface area contributed by atoms with E-state index in [-0.39, 0.29) is 10.7 Å². The van der Waals surface area contributed by atoms with Gasteiger partial charge in [-0.1, -0.05) is 0 Å². The third-order valence-corrected chi connectivity index (χ3v) is 4.23. The van der Waals surface area contributed by atoms with E-state index in [0.29, 0.717) is 21.7 Å². The summed E-state index contributed by atoms with van der Waals surface area (Å²) in [5.74, 6) is 0. The van der Waals surface area contributed by atoms with E-state index in [9.17, 15) is 9.59 Å². The predicted molar refractivity (Wildman–Crippen MR) is 99.2 cm³/mol. The van der Waals surface area contributed by atoms with Gasteiger partial charge in [-0.15, -0.1) is 0 Å². The molecule has 0 aliphatic rings. The van der Waals surface area contributed by atoms with Gasteiger partial charge in [0.25, 0.3) is 0 Å². The van der Waals surface area contributed by atoms with Crippen molar-refractivity contribution < 1.29 is 0 Å². The first kappa shape index (κ1) is 16.6. The topological polar surface area (TPSA) is 134 Å². The number of benzene rings is 1. The number of aromatic nitrogens is 4. The van der Waals surface area contributed by atoms with E-state index >= 15 is 0 Å². The van der Waals surface area contributed by atoms with Crippen LogP contribution in [0.15, 0.2) is 69.0 Å². The molecule has 0 amide bonds. The molecule has 0 saturated heterocycles. The Balaban J connectivity index is 1.71. The largest absolute Gasteiger partial charge is 0.287 e. The molecule has 4 aromatic rings. The summed E-state index contributed by atoms with van der Waals surface area (Å²) in [5, 5.41) is 8.32. The molecule has 0 atom stereocenters. The summed E-state index contributed by atoms with van der Waals surface area (Å²) in [6.07, 6.45) is 6.10. The highest BCUT2D eigenvalue weighted by Gasteiger charge is 2.06. The lowest BCUT2D eigenvalue weighted by Gasteiger charge is -1.97. The molecule has 2 N–H and O–H groups in total. The van der Waals surface area contributed by atoms with Crippen molar-refractivity contribution in [3.8, 4) is 0 Å². The number of nitrogens with zero attached hydrogens (tertiary/aromatic N) is 6. The van der Waals surface area contributed by atoms with E-state index in [2.05, 4.69) is 40.4 Å². The molecule has 0 fully saturated rings. The smallest absolute Gasteiger partial charge is 0.237 e. The Morgan fingerprint density at radius 2 is 1.81 bits per heavy atom. The van der Waals surface area contributed by atoms with Gasteiger partial charge in [0.05, 0.1) is 11.9 Å². The molecule has 0 radical (unpaired) electrons. The summed E-state index contributed by atoms with van der Waals surface area (Å²) < 4.78 is 4.18. The summed E-state index contributed by atoms with van der Waals surface area (Å²) in [5.41, 5.74) is 6.14. The number of hydrogen-bond donors (Lipinski definition) is 2. The van der Waals surface area contributed by atoms with Crippen molar-refractivity contribution in [1.82, 2.24) is 19.3 Å². The maximum atomic E-state index is 12.5.